The summed E-state index contributed by atoms with van der Waals surface area (Å²) in [5, 5.41) is 8.96. The minimum Gasteiger partial charge on any atom is -0.479 e. The minimum atomic E-state index is -0.859. The maximum absolute atomic E-state index is 11.4. The van der Waals surface area contributed by atoms with E-state index in [0.717, 1.165) is 0 Å². The molecule has 72 valence electrons. The number of amides is 1. The van der Waals surface area contributed by atoms with Crippen LogP contribution in [0.2, 0.25) is 0 Å². The molecule has 5 heteroatoms. The van der Waals surface area contributed by atoms with Crippen LogP contribution in [0, 0.1) is 0 Å². The fourth-order valence-electron chi connectivity index (χ4n) is 1.80. The van der Waals surface area contributed by atoms with Gasteiger partial charge in [-0.1, -0.05) is 15.9 Å². The number of carbonyl (C=O) groups is 2. The zero-order valence-electron chi connectivity index (χ0n) is 6.99. The quantitative estimate of drug-likeness (QED) is 0.728. The normalized spacial score (nSPS) is 30.7. The summed E-state index contributed by atoms with van der Waals surface area (Å²) in [7, 11) is 0. The predicted octanol–water partition coefficient (Wildman–Crippen LogP) is 0.599. The van der Waals surface area contributed by atoms with E-state index >= 15 is 0 Å². The highest BCUT2D eigenvalue weighted by Gasteiger charge is 2.58. The highest BCUT2D eigenvalue weighted by molar-refractivity contribution is 9.09. The lowest BCUT2D eigenvalue weighted by Crippen LogP contribution is -2.44. The first-order chi connectivity index (χ1) is 6.06. The van der Waals surface area contributed by atoms with E-state index in [4.69, 9.17) is 5.11 Å². The molecule has 0 aromatic rings. The van der Waals surface area contributed by atoms with E-state index in [1.165, 1.54) is 4.90 Å². The summed E-state index contributed by atoms with van der Waals surface area (Å²) in [6, 6.07) is 0. The van der Waals surface area contributed by atoms with Gasteiger partial charge in [0.1, 0.15) is 5.54 Å². The van der Waals surface area contributed by atoms with Crippen molar-refractivity contribution in [2.45, 2.75) is 29.6 Å². The van der Waals surface area contributed by atoms with Crippen LogP contribution in [-0.4, -0.2) is 38.8 Å². The standard InChI is InChI=1S/C8H10BrNO3/c9-5-3-6(11)10(4-5)8(1-2-8)7(12)13/h5H,1-4H2,(H,12,13). The highest BCUT2D eigenvalue weighted by atomic mass is 79.9. The second-order valence-corrected chi connectivity index (χ2v) is 4.94. The first-order valence-corrected chi connectivity index (χ1v) is 5.16. The molecule has 13 heavy (non-hydrogen) atoms. The van der Waals surface area contributed by atoms with Crippen molar-refractivity contribution in [1.29, 1.82) is 0 Å². The summed E-state index contributed by atoms with van der Waals surface area (Å²) < 4.78 is 0. The first kappa shape index (κ1) is 8.99. The van der Waals surface area contributed by atoms with Gasteiger partial charge in [0.05, 0.1) is 0 Å². The van der Waals surface area contributed by atoms with Gasteiger partial charge >= 0.3 is 5.97 Å². The largest absolute Gasteiger partial charge is 0.479 e. The summed E-state index contributed by atoms with van der Waals surface area (Å²) in [4.78, 5) is 24.0. The van der Waals surface area contributed by atoms with Gasteiger partial charge in [-0.25, -0.2) is 4.79 Å². The molecule has 1 saturated heterocycles. The summed E-state index contributed by atoms with van der Waals surface area (Å²) in [6.45, 7) is 0.533. The molecule has 0 bridgehead atoms. The SMILES string of the molecule is O=C1CC(Br)CN1C1(C(=O)O)CC1. The number of carbonyl (C=O) groups excluding carboxylic acids is 1. The number of carboxylic acid groups (broad SMARTS) is 1. The van der Waals surface area contributed by atoms with Gasteiger partial charge in [0.2, 0.25) is 5.91 Å². The highest BCUT2D eigenvalue weighted by Crippen LogP contribution is 2.44. The average molecular weight is 248 g/mol. The minimum absolute atomic E-state index is 0.0400. The Labute approximate surface area is 84.0 Å². The van der Waals surface area contributed by atoms with E-state index in [0.29, 0.717) is 25.8 Å². The summed E-state index contributed by atoms with van der Waals surface area (Å²) in [5.41, 5.74) is -0.848. The molecule has 1 unspecified atom stereocenters. The monoisotopic (exact) mass is 247 g/mol. The van der Waals surface area contributed by atoms with Crippen molar-refractivity contribution in [3.05, 3.63) is 0 Å². The Kier molecular flexibility index (Phi) is 1.87. The van der Waals surface area contributed by atoms with E-state index in [2.05, 4.69) is 15.9 Å². The van der Waals surface area contributed by atoms with E-state index in [-0.39, 0.29) is 10.7 Å². The van der Waals surface area contributed by atoms with Gasteiger partial charge in [0.15, 0.2) is 0 Å². The second-order valence-electron chi connectivity index (χ2n) is 3.64. The van der Waals surface area contributed by atoms with Crippen molar-refractivity contribution >= 4 is 27.8 Å². The Morgan fingerprint density at radius 1 is 1.62 bits per heavy atom. The van der Waals surface area contributed by atoms with Crippen LogP contribution < -0.4 is 0 Å². The van der Waals surface area contributed by atoms with Crippen molar-refractivity contribution in [2.75, 3.05) is 6.54 Å². The lowest BCUT2D eigenvalue weighted by molar-refractivity contribution is -0.150. The Morgan fingerprint density at radius 3 is 2.54 bits per heavy atom. The molecule has 1 atom stereocenters. The maximum Gasteiger partial charge on any atom is 0.329 e. The Balaban J connectivity index is 2.18. The van der Waals surface area contributed by atoms with Crippen LogP contribution in [0.1, 0.15) is 19.3 Å². The van der Waals surface area contributed by atoms with Crippen LogP contribution in [0.15, 0.2) is 0 Å². The van der Waals surface area contributed by atoms with Gasteiger partial charge in [-0.3, -0.25) is 4.79 Å². The zero-order chi connectivity index (χ0) is 9.64. The van der Waals surface area contributed by atoms with Crippen LogP contribution in [0.25, 0.3) is 0 Å². The molecule has 2 aliphatic rings. The van der Waals surface area contributed by atoms with Crippen molar-refractivity contribution in [2.24, 2.45) is 0 Å². The fraction of sp³-hybridized carbons (Fsp3) is 0.750. The van der Waals surface area contributed by atoms with Crippen molar-refractivity contribution < 1.29 is 14.7 Å². The number of carboxylic acids is 1. The van der Waals surface area contributed by atoms with Gasteiger partial charge < -0.3 is 10.0 Å². The van der Waals surface area contributed by atoms with E-state index in [1.807, 2.05) is 0 Å². The molecule has 1 aliphatic carbocycles. The number of aliphatic carboxylic acids is 1. The number of alkyl halides is 1. The molecule has 4 nitrogen and oxygen atoms in total. The van der Waals surface area contributed by atoms with E-state index in [1.54, 1.807) is 0 Å². The van der Waals surface area contributed by atoms with Crippen molar-refractivity contribution in [3.8, 4) is 0 Å². The third-order valence-corrected chi connectivity index (χ3v) is 3.33. The van der Waals surface area contributed by atoms with E-state index < -0.39 is 11.5 Å². The summed E-state index contributed by atoms with van der Waals surface area (Å²) >= 11 is 3.33. The van der Waals surface area contributed by atoms with Crippen molar-refractivity contribution in [3.63, 3.8) is 0 Å². The number of likely N-dealkylation sites (tertiary alicyclic amines) is 1. The van der Waals surface area contributed by atoms with Crippen LogP contribution in [0.5, 0.6) is 0 Å². The molecule has 0 aromatic carbocycles. The molecule has 1 amide bonds. The van der Waals surface area contributed by atoms with Crippen molar-refractivity contribution in [1.82, 2.24) is 4.90 Å². The number of hydrogen-bond donors (Lipinski definition) is 1. The lowest BCUT2D eigenvalue weighted by atomic mass is 10.2. The van der Waals surface area contributed by atoms with Gasteiger partial charge in [-0.2, -0.15) is 0 Å². The number of hydrogen-bond acceptors (Lipinski definition) is 2. The number of halogens is 1. The molecular formula is C8H10BrNO3. The molecule has 2 rings (SSSR count). The Morgan fingerprint density at radius 2 is 2.23 bits per heavy atom. The number of nitrogens with zero attached hydrogens (tertiary/aromatic N) is 1. The molecule has 1 aliphatic heterocycles. The van der Waals surface area contributed by atoms with Crippen LogP contribution in [0.4, 0.5) is 0 Å². The third kappa shape index (κ3) is 1.25. The molecular weight excluding hydrogens is 238 g/mol. The molecule has 0 spiro atoms. The predicted molar refractivity (Wildman–Crippen MR) is 48.6 cm³/mol. The fourth-order valence-corrected chi connectivity index (χ4v) is 2.36. The van der Waals surface area contributed by atoms with Crippen LogP contribution in [-0.2, 0) is 9.59 Å². The maximum atomic E-state index is 11.4. The Hall–Kier alpha value is -0.580. The second kappa shape index (κ2) is 2.70. The van der Waals surface area contributed by atoms with Gasteiger partial charge in [0.25, 0.3) is 0 Å². The van der Waals surface area contributed by atoms with Gasteiger partial charge in [-0.05, 0) is 12.8 Å². The molecule has 1 heterocycles. The van der Waals surface area contributed by atoms with Crippen LogP contribution in [0.3, 0.4) is 0 Å². The molecule has 1 N–H and O–H groups in total. The third-order valence-electron chi connectivity index (χ3n) is 2.72. The molecule has 2 fully saturated rings. The smallest absolute Gasteiger partial charge is 0.329 e. The lowest BCUT2D eigenvalue weighted by Gasteiger charge is -2.23. The molecule has 0 aromatic heterocycles. The molecule has 0 radical (unpaired) electrons. The summed E-state index contributed by atoms with van der Waals surface area (Å²) in [5.74, 6) is -0.899. The van der Waals surface area contributed by atoms with Gasteiger partial charge in [-0.15, -0.1) is 0 Å². The molecule has 1 saturated carbocycles. The van der Waals surface area contributed by atoms with Crippen LogP contribution >= 0.6 is 15.9 Å². The first-order valence-electron chi connectivity index (χ1n) is 4.24. The van der Waals surface area contributed by atoms with Gasteiger partial charge in [0, 0.05) is 17.8 Å². The average Bonchev–Trinajstić information content (AvgIpc) is 2.75. The number of rotatable bonds is 2. The Bertz CT molecular complexity index is 275. The topological polar surface area (TPSA) is 57.6 Å². The summed E-state index contributed by atoms with van der Waals surface area (Å²) in [6.07, 6.45) is 1.64. The van der Waals surface area contributed by atoms with E-state index in [9.17, 15) is 9.59 Å². The zero-order valence-corrected chi connectivity index (χ0v) is 8.58.